The van der Waals surface area contributed by atoms with E-state index in [2.05, 4.69) is 0 Å². The Balaban J connectivity index is 0. The molecule has 0 aliphatic rings. The van der Waals surface area contributed by atoms with Gasteiger partial charge in [0.1, 0.15) is 0 Å². The van der Waals surface area contributed by atoms with Crippen molar-refractivity contribution in [1.29, 1.82) is 0 Å². The van der Waals surface area contributed by atoms with Crippen molar-refractivity contribution in [3.63, 3.8) is 0 Å². The van der Waals surface area contributed by atoms with Crippen molar-refractivity contribution in [1.82, 2.24) is 0 Å². The minimum Gasteiger partial charge on any atom is -0.481 e. The van der Waals surface area contributed by atoms with Gasteiger partial charge >= 0.3 is 44.3 Å². The fourth-order valence-electron chi connectivity index (χ4n) is 1.91. The van der Waals surface area contributed by atoms with Gasteiger partial charge in [0.2, 0.25) is 0 Å². The topological polar surface area (TPSA) is 201 Å². The average molecular weight is 399 g/mol. The Kier molecular flexibility index (Phi) is 8.33. The predicted octanol–water partition coefficient (Wildman–Crippen LogP) is -1.72. The number of rotatable bonds is 9. The summed E-state index contributed by atoms with van der Waals surface area (Å²) >= 11 is 0. The van der Waals surface area contributed by atoms with Crippen LogP contribution in [-0.2, 0) is 39.6 Å². The number of carboxylic acids is 4. The summed E-state index contributed by atoms with van der Waals surface area (Å²) in [5.41, 5.74) is 6.88. The minimum absolute atomic E-state index is 0. The van der Waals surface area contributed by atoms with Crippen LogP contribution in [0.3, 0.4) is 0 Å². The normalized spacial score (nSPS) is 11.3. The first-order chi connectivity index (χ1) is 8.92. The second-order valence-corrected chi connectivity index (χ2v) is 4.59. The predicted molar refractivity (Wildman–Crippen MR) is 62.8 cm³/mol. The van der Waals surface area contributed by atoms with Gasteiger partial charge in [-0.15, -0.1) is 0 Å². The fourth-order valence-corrected chi connectivity index (χ4v) is 1.91. The van der Waals surface area contributed by atoms with Crippen LogP contribution in [0, 0.1) is 0 Å². The summed E-state index contributed by atoms with van der Waals surface area (Å²) in [5, 5.41) is 35.1. The van der Waals surface area contributed by atoms with Gasteiger partial charge in [0, 0.05) is 0 Å². The Morgan fingerprint density at radius 3 is 0.857 bits per heavy atom. The van der Waals surface area contributed by atoms with Crippen LogP contribution < -0.4 is 11.5 Å². The van der Waals surface area contributed by atoms with Crippen molar-refractivity contribution < 1.29 is 60.0 Å². The summed E-state index contributed by atoms with van der Waals surface area (Å²) < 4.78 is 0. The maximum Gasteiger partial charge on any atom is 2.00 e. The third-order valence-corrected chi connectivity index (χ3v) is 2.86. The quantitative estimate of drug-likeness (QED) is 0.242. The number of nitrogens with two attached hydrogens (primary N) is 2. The van der Waals surface area contributed by atoms with Crippen LogP contribution in [-0.4, -0.2) is 55.4 Å². The molecule has 11 heteroatoms. The summed E-state index contributed by atoms with van der Waals surface area (Å²) in [6.07, 6.45) is -3.90. The zero-order valence-electron chi connectivity index (χ0n) is 10.7. The molecule has 8 N–H and O–H groups in total. The Hall–Kier alpha value is -1.54. The molecule has 0 aromatic carbocycles. The van der Waals surface area contributed by atoms with E-state index >= 15 is 0 Å². The monoisotopic (exact) mass is 398 g/mol. The van der Waals surface area contributed by atoms with Gasteiger partial charge in [-0.1, -0.05) is 0 Å². The summed E-state index contributed by atoms with van der Waals surface area (Å²) in [5.74, 6) is -6.06. The Labute approximate surface area is 132 Å². The summed E-state index contributed by atoms with van der Waals surface area (Å²) in [4.78, 5) is 43.2. The van der Waals surface area contributed by atoms with Crippen LogP contribution in [0.15, 0.2) is 0 Å². The molecule has 0 spiro atoms. The van der Waals surface area contributed by atoms with E-state index in [1.54, 1.807) is 0 Å². The number of carboxylic acid groups (broad SMARTS) is 4. The van der Waals surface area contributed by atoms with Crippen molar-refractivity contribution in [3.8, 4) is 0 Å². The van der Waals surface area contributed by atoms with Gasteiger partial charge in [0.25, 0.3) is 0 Å². The number of carbonyl (C=O) groups is 4. The first kappa shape index (κ1) is 21.8. The van der Waals surface area contributed by atoms with E-state index in [4.69, 9.17) is 31.9 Å². The molecule has 21 heavy (non-hydrogen) atoms. The molecule has 0 bridgehead atoms. The van der Waals surface area contributed by atoms with Gasteiger partial charge in [-0.2, -0.15) is 0 Å². The minimum atomic E-state index is -2.22. The van der Waals surface area contributed by atoms with Crippen LogP contribution >= 0.6 is 0 Å². The molecule has 0 aromatic rings. The SMILES string of the molecule is NC(CC(=O)O)(CC(=O)O)C(N)(CC(=O)O)CC(=O)O.[Pd+2]. The first-order valence-electron chi connectivity index (χ1n) is 5.37. The molecule has 0 saturated heterocycles. The second-order valence-electron chi connectivity index (χ2n) is 4.59. The number of hydrogen-bond donors (Lipinski definition) is 6. The van der Waals surface area contributed by atoms with Gasteiger partial charge in [-0.25, -0.2) is 0 Å². The van der Waals surface area contributed by atoms with Gasteiger partial charge in [-0.3, -0.25) is 19.2 Å². The maximum absolute atomic E-state index is 10.8. The molecule has 122 valence electrons. The van der Waals surface area contributed by atoms with E-state index in [-0.39, 0.29) is 20.4 Å². The maximum atomic E-state index is 10.8. The van der Waals surface area contributed by atoms with E-state index in [0.29, 0.717) is 0 Å². The Bertz CT molecular complexity index is 367. The molecule has 0 atom stereocenters. The van der Waals surface area contributed by atoms with Crippen LogP contribution in [0.1, 0.15) is 25.7 Å². The van der Waals surface area contributed by atoms with Crippen molar-refractivity contribution in [2.45, 2.75) is 36.8 Å². The molecule has 0 aromatic heterocycles. The van der Waals surface area contributed by atoms with Crippen molar-refractivity contribution in [2.75, 3.05) is 0 Å². The second kappa shape index (κ2) is 8.04. The zero-order valence-corrected chi connectivity index (χ0v) is 12.3. The fraction of sp³-hybridized carbons (Fsp3) is 0.600. The third kappa shape index (κ3) is 6.63. The van der Waals surface area contributed by atoms with Gasteiger partial charge in [0.05, 0.1) is 36.8 Å². The van der Waals surface area contributed by atoms with E-state index in [9.17, 15) is 19.2 Å². The van der Waals surface area contributed by atoms with E-state index in [0.717, 1.165) is 0 Å². The molecule has 0 unspecified atom stereocenters. The van der Waals surface area contributed by atoms with Crippen LogP contribution in [0.4, 0.5) is 0 Å². The Morgan fingerprint density at radius 1 is 0.619 bits per heavy atom. The molecular weight excluding hydrogens is 383 g/mol. The van der Waals surface area contributed by atoms with Gasteiger partial charge in [-0.05, 0) is 0 Å². The smallest absolute Gasteiger partial charge is 0.481 e. The van der Waals surface area contributed by atoms with Crippen molar-refractivity contribution in [3.05, 3.63) is 0 Å². The summed E-state index contributed by atoms with van der Waals surface area (Å²) in [6.45, 7) is 0. The molecule has 0 aliphatic carbocycles. The molecule has 0 saturated carbocycles. The summed E-state index contributed by atoms with van der Waals surface area (Å²) in [7, 11) is 0. The van der Waals surface area contributed by atoms with Gasteiger partial charge < -0.3 is 31.9 Å². The van der Waals surface area contributed by atoms with Crippen molar-refractivity contribution >= 4 is 23.9 Å². The van der Waals surface area contributed by atoms with E-state index < -0.39 is 60.6 Å². The first-order valence-corrected chi connectivity index (χ1v) is 5.37. The molecule has 0 heterocycles. The molecule has 0 fully saturated rings. The number of hydrogen-bond acceptors (Lipinski definition) is 6. The van der Waals surface area contributed by atoms with Crippen molar-refractivity contribution in [2.24, 2.45) is 11.5 Å². The number of aliphatic carboxylic acids is 4. The Morgan fingerprint density at radius 2 is 0.762 bits per heavy atom. The summed E-state index contributed by atoms with van der Waals surface area (Å²) in [6, 6.07) is 0. The molecule has 0 aliphatic heterocycles. The molecule has 0 radical (unpaired) electrons. The largest absolute Gasteiger partial charge is 2.00 e. The van der Waals surface area contributed by atoms with Crippen LogP contribution in [0.2, 0.25) is 0 Å². The van der Waals surface area contributed by atoms with E-state index in [1.165, 1.54) is 0 Å². The third-order valence-electron chi connectivity index (χ3n) is 2.86. The van der Waals surface area contributed by atoms with Crippen LogP contribution in [0.5, 0.6) is 0 Å². The average Bonchev–Trinajstić information content (AvgIpc) is 2.10. The molecule has 0 rings (SSSR count). The van der Waals surface area contributed by atoms with Crippen LogP contribution in [0.25, 0.3) is 0 Å². The molecule has 0 amide bonds. The molecule has 10 nitrogen and oxygen atoms in total. The zero-order chi connectivity index (χ0) is 16.1. The molecular formula is C10H16N2O8Pd+2. The standard InChI is InChI=1S/C10H16N2O8.Pd/c11-9(1-5(13)14,2-6(15)16)10(12,3-7(17)18)4-8(19)20;/h1-4,11-12H2,(H,13,14)(H,15,16)(H,17,18)(H,19,20);/q;+2. The van der Waals surface area contributed by atoms with Gasteiger partial charge in [0.15, 0.2) is 0 Å². The van der Waals surface area contributed by atoms with E-state index in [1.807, 2.05) is 0 Å².